The van der Waals surface area contributed by atoms with Gasteiger partial charge in [-0.1, -0.05) is 35.3 Å². The van der Waals surface area contributed by atoms with E-state index in [4.69, 9.17) is 23.2 Å². The summed E-state index contributed by atoms with van der Waals surface area (Å²) in [6.07, 6.45) is 0.135. The fraction of sp³-hybridized carbons (Fsp3) is 0.0714. The first kappa shape index (κ1) is 13.1. The molecule has 0 amide bonds. The first-order valence-electron chi connectivity index (χ1n) is 5.29. The molecule has 0 radical (unpaired) electrons. The average Bonchev–Trinajstić information content (AvgIpc) is 2.32. The van der Waals surface area contributed by atoms with Crippen molar-refractivity contribution in [1.29, 1.82) is 0 Å². The number of halogens is 3. The molecule has 1 nitrogen and oxygen atoms in total. The SMILES string of the molecule is O=C(Cc1ccc(Cl)cc1)c1ccc(Cl)cc1F. The quantitative estimate of drug-likeness (QED) is 0.755. The second kappa shape index (κ2) is 5.51. The maximum atomic E-state index is 13.5. The lowest BCUT2D eigenvalue weighted by molar-refractivity contribution is 0.0989. The Balaban J connectivity index is 2.19. The molecule has 0 heterocycles. The highest BCUT2D eigenvalue weighted by Crippen LogP contribution is 2.17. The molecule has 2 aromatic rings. The second-order valence-corrected chi connectivity index (χ2v) is 4.72. The molecule has 18 heavy (non-hydrogen) atoms. The number of hydrogen-bond acceptors (Lipinski definition) is 1. The third kappa shape index (κ3) is 3.09. The maximum absolute atomic E-state index is 13.5. The number of benzene rings is 2. The summed E-state index contributed by atoms with van der Waals surface area (Å²) in [6, 6.07) is 10.9. The highest BCUT2D eigenvalue weighted by Gasteiger charge is 2.12. The highest BCUT2D eigenvalue weighted by atomic mass is 35.5. The van der Waals surface area contributed by atoms with E-state index >= 15 is 0 Å². The number of carbonyl (C=O) groups is 1. The first-order valence-corrected chi connectivity index (χ1v) is 6.04. The number of ketones is 1. The fourth-order valence-corrected chi connectivity index (χ4v) is 1.88. The van der Waals surface area contributed by atoms with E-state index in [1.165, 1.54) is 12.1 Å². The van der Waals surface area contributed by atoms with Crippen LogP contribution in [0.15, 0.2) is 42.5 Å². The van der Waals surface area contributed by atoms with Gasteiger partial charge in [0.1, 0.15) is 5.82 Å². The van der Waals surface area contributed by atoms with Crippen LogP contribution in [-0.4, -0.2) is 5.78 Å². The monoisotopic (exact) mass is 282 g/mol. The third-order valence-corrected chi connectivity index (χ3v) is 3.00. The molecule has 0 aliphatic carbocycles. The van der Waals surface area contributed by atoms with E-state index in [-0.39, 0.29) is 22.8 Å². The van der Waals surface area contributed by atoms with Crippen molar-refractivity contribution in [1.82, 2.24) is 0 Å². The zero-order valence-corrected chi connectivity index (χ0v) is 10.8. The smallest absolute Gasteiger partial charge is 0.170 e. The van der Waals surface area contributed by atoms with Gasteiger partial charge in [0.2, 0.25) is 0 Å². The summed E-state index contributed by atoms with van der Waals surface area (Å²) in [4.78, 5) is 11.9. The maximum Gasteiger partial charge on any atom is 0.170 e. The topological polar surface area (TPSA) is 17.1 Å². The van der Waals surface area contributed by atoms with Crippen LogP contribution in [0, 0.1) is 5.82 Å². The van der Waals surface area contributed by atoms with Gasteiger partial charge in [-0.05, 0) is 35.9 Å². The van der Waals surface area contributed by atoms with Gasteiger partial charge >= 0.3 is 0 Å². The molecule has 4 heteroatoms. The summed E-state index contributed by atoms with van der Waals surface area (Å²) in [5.41, 5.74) is 0.841. The lowest BCUT2D eigenvalue weighted by Gasteiger charge is -2.03. The van der Waals surface area contributed by atoms with Gasteiger partial charge in [0, 0.05) is 16.5 Å². The zero-order valence-electron chi connectivity index (χ0n) is 9.29. The number of rotatable bonds is 3. The van der Waals surface area contributed by atoms with E-state index < -0.39 is 5.82 Å². The number of Topliss-reactive ketones (excluding diaryl/α,β-unsaturated/α-hetero) is 1. The van der Waals surface area contributed by atoms with Crippen LogP contribution in [0.4, 0.5) is 4.39 Å². The van der Waals surface area contributed by atoms with E-state index in [0.29, 0.717) is 5.02 Å². The van der Waals surface area contributed by atoms with Crippen molar-refractivity contribution in [2.24, 2.45) is 0 Å². The van der Waals surface area contributed by atoms with Gasteiger partial charge in [0.25, 0.3) is 0 Å². The molecule has 2 rings (SSSR count). The fourth-order valence-electron chi connectivity index (χ4n) is 1.60. The van der Waals surface area contributed by atoms with Crippen molar-refractivity contribution >= 4 is 29.0 Å². The van der Waals surface area contributed by atoms with Gasteiger partial charge in [-0.15, -0.1) is 0 Å². The van der Waals surface area contributed by atoms with E-state index in [1.807, 2.05) is 0 Å². The van der Waals surface area contributed by atoms with Crippen molar-refractivity contribution in [3.8, 4) is 0 Å². The Kier molecular flexibility index (Phi) is 4.00. The Labute approximate surface area is 114 Å². The van der Waals surface area contributed by atoms with Crippen LogP contribution < -0.4 is 0 Å². The molecule has 0 saturated carbocycles. The third-order valence-electron chi connectivity index (χ3n) is 2.51. The van der Waals surface area contributed by atoms with Crippen molar-refractivity contribution in [3.05, 3.63) is 69.5 Å². The largest absolute Gasteiger partial charge is 0.294 e. The number of hydrogen-bond donors (Lipinski definition) is 0. The predicted octanol–water partition coefficient (Wildman–Crippen LogP) is 4.56. The minimum Gasteiger partial charge on any atom is -0.294 e. The van der Waals surface area contributed by atoms with E-state index in [1.54, 1.807) is 24.3 Å². The summed E-state index contributed by atoms with van der Waals surface area (Å²) in [7, 11) is 0. The Bertz CT molecular complexity index is 579. The van der Waals surface area contributed by atoms with Crippen LogP contribution >= 0.6 is 23.2 Å². The van der Waals surface area contributed by atoms with Gasteiger partial charge < -0.3 is 0 Å². The van der Waals surface area contributed by atoms with Crippen LogP contribution in [0.3, 0.4) is 0 Å². The molecule has 0 spiro atoms. The molecule has 92 valence electrons. The normalized spacial score (nSPS) is 10.4. The van der Waals surface area contributed by atoms with E-state index in [2.05, 4.69) is 0 Å². The minimum absolute atomic E-state index is 0.0503. The summed E-state index contributed by atoms with van der Waals surface area (Å²) >= 11 is 11.4. The molecule has 0 fully saturated rings. The van der Waals surface area contributed by atoms with Crippen molar-refractivity contribution < 1.29 is 9.18 Å². The Morgan fingerprint density at radius 1 is 1.00 bits per heavy atom. The van der Waals surface area contributed by atoms with Crippen LogP contribution in [-0.2, 0) is 6.42 Å². The molecule has 0 aliphatic heterocycles. The Morgan fingerprint density at radius 3 is 2.22 bits per heavy atom. The standard InChI is InChI=1S/C14H9Cl2FO/c15-10-3-1-9(2-4-10)7-14(18)12-6-5-11(16)8-13(12)17/h1-6,8H,7H2. The number of carbonyl (C=O) groups excluding carboxylic acids is 1. The molecule has 0 bridgehead atoms. The highest BCUT2D eigenvalue weighted by molar-refractivity contribution is 6.31. The average molecular weight is 283 g/mol. The summed E-state index contributed by atoms with van der Waals surface area (Å²) < 4.78 is 13.5. The Morgan fingerprint density at radius 2 is 1.61 bits per heavy atom. The molecule has 0 aromatic heterocycles. The Hall–Kier alpha value is -1.38. The lowest BCUT2D eigenvalue weighted by atomic mass is 10.0. The zero-order chi connectivity index (χ0) is 13.1. The van der Waals surface area contributed by atoms with Gasteiger partial charge in [0.05, 0.1) is 5.56 Å². The van der Waals surface area contributed by atoms with Crippen molar-refractivity contribution in [3.63, 3.8) is 0 Å². The lowest BCUT2D eigenvalue weighted by Crippen LogP contribution is -2.06. The molecule has 2 aromatic carbocycles. The minimum atomic E-state index is -0.596. The van der Waals surface area contributed by atoms with Crippen LogP contribution in [0.1, 0.15) is 15.9 Å². The molecule has 0 saturated heterocycles. The van der Waals surface area contributed by atoms with Crippen LogP contribution in [0.25, 0.3) is 0 Å². The van der Waals surface area contributed by atoms with Gasteiger partial charge in [0.15, 0.2) is 5.78 Å². The molecular formula is C14H9Cl2FO. The summed E-state index contributed by atoms with van der Waals surface area (Å²) in [6.45, 7) is 0. The van der Waals surface area contributed by atoms with Gasteiger partial charge in [-0.2, -0.15) is 0 Å². The molecular weight excluding hydrogens is 274 g/mol. The molecule has 0 unspecified atom stereocenters. The van der Waals surface area contributed by atoms with Crippen molar-refractivity contribution in [2.75, 3.05) is 0 Å². The van der Waals surface area contributed by atoms with Crippen molar-refractivity contribution in [2.45, 2.75) is 6.42 Å². The summed E-state index contributed by atoms with van der Waals surface area (Å²) in [5.74, 6) is -0.882. The molecule has 0 atom stereocenters. The van der Waals surface area contributed by atoms with Crippen LogP contribution in [0.2, 0.25) is 10.0 Å². The van der Waals surface area contributed by atoms with Crippen LogP contribution in [0.5, 0.6) is 0 Å². The summed E-state index contributed by atoms with van der Waals surface area (Å²) in [5, 5.41) is 0.874. The van der Waals surface area contributed by atoms with Gasteiger partial charge in [-0.3, -0.25) is 4.79 Å². The second-order valence-electron chi connectivity index (χ2n) is 3.85. The molecule has 0 N–H and O–H groups in total. The molecule has 0 aliphatic rings. The first-order chi connectivity index (χ1) is 8.56. The van der Waals surface area contributed by atoms with Gasteiger partial charge in [-0.25, -0.2) is 4.39 Å². The van der Waals surface area contributed by atoms with E-state index in [9.17, 15) is 9.18 Å². The predicted molar refractivity (Wildman–Crippen MR) is 70.9 cm³/mol. The van der Waals surface area contributed by atoms with E-state index in [0.717, 1.165) is 11.6 Å².